The van der Waals surface area contributed by atoms with Crippen molar-refractivity contribution in [3.8, 4) is 0 Å². The quantitative estimate of drug-likeness (QED) is 0.727. The average molecular weight is 235 g/mol. The molecular formula is C13H21N3O. The lowest BCUT2D eigenvalue weighted by atomic mass is 10.2. The Bertz CT molecular complexity index is 327. The van der Waals surface area contributed by atoms with Crippen LogP contribution in [0, 0.1) is 0 Å². The van der Waals surface area contributed by atoms with Gasteiger partial charge in [-0.05, 0) is 31.2 Å². The highest BCUT2D eigenvalue weighted by atomic mass is 16.2. The van der Waals surface area contributed by atoms with Gasteiger partial charge in [0.05, 0.1) is 0 Å². The van der Waals surface area contributed by atoms with E-state index in [0.29, 0.717) is 13.0 Å². The summed E-state index contributed by atoms with van der Waals surface area (Å²) in [7, 11) is 0. The van der Waals surface area contributed by atoms with Crippen molar-refractivity contribution >= 4 is 5.91 Å². The van der Waals surface area contributed by atoms with Crippen LogP contribution in [0.1, 0.15) is 25.8 Å². The number of nitrogens with one attached hydrogen (secondary N) is 1. The van der Waals surface area contributed by atoms with Gasteiger partial charge < -0.3 is 10.2 Å². The lowest BCUT2D eigenvalue weighted by Crippen LogP contribution is -2.32. The lowest BCUT2D eigenvalue weighted by molar-refractivity contribution is -0.131. The SMILES string of the molecule is CCNCCC(=O)N(CC)Cc1ccncc1. The van der Waals surface area contributed by atoms with Gasteiger partial charge in [-0.15, -0.1) is 0 Å². The van der Waals surface area contributed by atoms with Crippen LogP contribution in [-0.2, 0) is 11.3 Å². The largest absolute Gasteiger partial charge is 0.339 e. The van der Waals surface area contributed by atoms with Crippen LogP contribution in [0.4, 0.5) is 0 Å². The summed E-state index contributed by atoms with van der Waals surface area (Å²) in [4.78, 5) is 17.8. The van der Waals surface area contributed by atoms with Crippen LogP contribution in [0.15, 0.2) is 24.5 Å². The molecule has 17 heavy (non-hydrogen) atoms. The van der Waals surface area contributed by atoms with E-state index in [2.05, 4.69) is 10.3 Å². The first kappa shape index (κ1) is 13.6. The first-order chi connectivity index (χ1) is 8.27. The number of carbonyl (C=O) groups excluding carboxylic acids is 1. The summed E-state index contributed by atoms with van der Waals surface area (Å²) < 4.78 is 0. The first-order valence-corrected chi connectivity index (χ1v) is 6.15. The monoisotopic (exact) mass is 235 g/mol. The van der Waals surface area contributed by atoms with E-state index in [1.54, 1.807) is 12.4 Å². The Hall–Kier alpha value is -1.42. The molecule has 0 atom stereocenters. The third kappa shape index (κ3) is 4.95. The summed E-state index contributed by atoms with van der Waals surface area (Å²) in [6.45, 7) is 7.12. The molecule has 0 spiro atoms. The van der Waals surface area contributed by atoms with Crippen LogP contribution >= 0.6 is 0 Å². The van der Waals surface area contributed by atoms with E-state index >= 15 is 0 Å². The Kier molecular flexibility index (Phi) is 6.25. The molecule has 4 heteroatoms. The van der Waals surface area contributed by atoms with Gasteiger partial charge >= 0.3 is 0 Å². The topological polar surface area (TPSA) is 45.2 Å². The van der Waals surface area contributed by atoms with Crippen LogP contribution in [0.25, 0.3) is 0 Å². The summed E-state index contributed by atoms with van der Waals surface area (Å²) in [5, 5.41) is 3.16. The van der Waals surface area contributed by atoms with Crippen LogP contribution in [-0.4, -0.2) is 35.4 Å². The maximum atomic E-state index is 11.9. The van der Waals surface area contributed by atoms with Crippen molar-refractivity contribution in [3.05, 3.63) is 30.1 Å². The van der Waals surface area contributed by atoms with Crippen molar-refractivity contribution in [3.63, 3.8) is 0 Å². The maximum Gasteiger partial charge on any atom is 0.224 e. The Balaban J connectivity index is 2.45. The highest BCUT2D eigenvalue weighted by Crippen LogP contribution is 2.04. The van der Waals surface area contributed by atoms with Gasteiger partial charge in [0.2, 0.25) is 5.91 Å². The number of nitrogens with zero attached hydrogens (tertiary/aromatic N) is 2. The molecule has 0 radical (unpaired) electrons. The summed E-state index contributed by atoms with van der Waals surface area (Å²) in [6, 6.07) is 3.89. The van der Waals surface area contributed by atoms with Gasteiger partial charge in [0.25, 0.3) is 0 Å². The van der Waals surface area contributed by atoms with E-state index < -0.39 is 0 Å². The highest BCUT2D eigenvalue weighted by Gasteiger charge is 2.11. The zero-order chi connectivity index (χ0) is 12.5. The fraction of sp³-hybridized carbons (Fsp3) is 0.538. The molecule has 1 aromatic rings. The smallest absolute Gasteiger partial charge is 0.224 e. The Morgan fingerprint density at radius 3 is 2.65 bits per heavy atom. The molecule has 0 unspecified atom stereocenters. The van der Waals surface area contributed by atoms with E-state index in [1.807, 2.05) is 30.9 Å². The predicted octanol–water partition coefficient (Wildman–Crippen LogP) is 1.43. The highest BCUT2D eigenvalue weighted by molar-refractivity contribution is 5.76. The van der Waals surface area contributed by atoms with Gasteiger partial charge in [0, 0.05) is 38.4 Å². The van der Waals surface area contributed by atoms with Gasteiger partial charge in [0.15, 0.2) is 0 Å². The predicted molar refractivity (Wildman–Crippen MR) is 68.5 cm³/mol. The van der Waals surface area contributed by atoms with Gasteiger partial charge in [-0.3, -0.25) is 9.78 Å². The molecule has 1 N–H and O–H groups in total. The first-order valence-electron chi connectivity index (χ1n) is 6.15. The van der Waals surface area contributed by atoms with Gasteiger partial charge in [0.1, 0.15) is 0 Å². The molecule has 0 bridgehead atoms. The van der Waals surface area contributed by atoms with E-state index in [9.17, 15) is 4.79 Å². The number of amides is 1. The Labute approximate surface area is 103 Å². The zero-order valence-electron chi connectivity index (χ0n) is 10.6. The number of rotatable bonds is 7. The average Bonchev–Trinajstić information content (AvgIpc) is 2.37. The molecule has 4 nitrogen and oxygen atoms in total. The summed E-state index contributed by atoms with van der Waals surface area (Å²) >= 11 is 0. The number of carbonyl (C=O) groups is 1. The maximum absolute atomic E-state index is 11.9. The van der Waals surface area contributed by atoms with E-state index in [4.69, 9.17) is 0 Å². The molecular weight excluding hydrogens is 214 g/mol. The molecule has 1 amide bonds. The molecule has 0 aliphatic rings. The van der Waals surface area contributed by atoms with Crippen LogP contribution in [0.3, 0.4) is 0 Å². The van der Waals surface area contributed by atoms with Crippen molar-refractivity contribution < 1.29 is 4.79 Å². The summed E-state index contributed by atoms with van der Waals surface area (Å²) in [5.74, 6) is 0.199. The fourth-order valence-electron chi connectivity index (χ4n) is 1.62. The van der Waals surface area contributed by atoms with Crippen LogP contribution < -0.4 is 5.32 Å². The molecule has 0 saturated heterocycles. The number of hydrogen-bond acceptors (Lipinski definition) is 3. The molecule has 0 aliphatic heterocycles. The number of hydrogen-bond donors (Lipinski definition) is 1. The Morgan fingerprint density at radius 1 is 1.35 bits per heavy atom. The molecule has 1 heterocycles. The van der Waals surface area contributed by atoms with Crippen LogP contribution in [0.2, 0.25) is 0 Å². The standard InChI is InChI=1S/C13H21N3O/c1-3-14-10-7-13(17)16(4-2)11-12-5-8-15-9-6-12/h5-6,8-9,14H,3-4,7,10-11H2,1-2H3. The van der Waals surface area contributed by atoms with E-state index in [1.165, 1.54) is 0 Å². The van der Waals surface area contributed by atoms with Gasteiger partial charge in [-0.1, -0.05) is 6.92 Å². The van der Waals surface area contributed by atoms with E-state index in [0.717, 1.165) is 25.2 Å². The molecule has 0 aromatic carbocycles. The molecule has 0 aliphatic carbocycles. The van der Waals surface area contributed by atoms with E-state index in [-0.39, 0.29) is 5.91 Å². The second kappa shape index (κ2) is 7.79. The minimum Gasteiger partial charge on any atom is -0.339 e. The lowest BCUT2D eigenvalue weighted by Gasteiger charge is -2.21. The second-order valence-electron chi connectivity index (χ2n) is 3.87. The molecule has 1 rings (SSSR count). The zero-order valence-corrected chi connectivity index (χ0v) is 10.6. The van der Waals surface area contributed by atoms with Gasteiger partial charge in [-0.25, -0.2) is 0 Å². The second-order valence-corrected chi connectivity index (χ2v) is 3.87. The Morgan fingerprint density at radius 2 is 2.06 bits per heavy atom. The molecule has 0 fully saturated rings. The summed E-state index contributed by atoms with van der Waals surface area (Å²) in [5.41, 5.74) is 1.12. The normalized spacial score (nSPS) is 10.2. The van der Waals surface area contributed by atoms with Crippen molar-refractivity contribution in [1.82, 2.24) is 15.2 Å². The molecule has 94 valence electrons. The minimum absolute atomic E-state index is 0.199. The third-order valence-corrected chi connectivity index (χ3v) is 2.62. The van der Waals surface area contributed by atoms with Gasteiger partial charge in [-0.2, -0.15) is 0 Å². The van der Waals surface area contributed by atoms with Crippen molar-refractivity contribution in [2.24, 2.45) is 0 Å². The number of pyridine rings is 1. The van der Waals surface area contributed by atoms with Crippen molar-refractivity contribution in [2.45, 2.75) is 26.8 Å². The van der Waals surface area contributed by atoms with Crippen molar-refractivity contribution in [2.75, 3.05) is 19.6 Å². The fourth-order valence-corrected chi connectivity index (χ4v) is 1.62. The third-order valence-electron chi connectivity index (χ3n) is 2.62. The molecule has 0 saturated carbocycles. The molecule has 1 aromatic heterocycles. The van der Waals surface area contributed by atoms with Crippen molar-refractivity contribution in [1.29, 1.82) is 0 Å². The summed E-state index contributed by atoms with van der Waals surface area (Å²) in [6.07, 6.45) is 4.07. The minimum atomic E-state index is 0.199. The number of aromatic nitrogens is 1. The van der Waals surface area contributed by atoms with Crippen LogP contribution in [0.5, 0.6) is 0 Å².